The van der Waals surface area contributed by atoms with E-state index in [9.17, 15) is 4.79 Å². The van der Waals surface area contributed by atoms with Crippen molar-refractivity contribution in [2.24, 2.45) is 0 Å². The van der Waals surface area contributed by atoms with Gasteiger partial charge in [-0.15, -0.1) is 0 Å². The predicted molar refractivity (Wildman–Crippen MR) is 101 cm³/mol. The Bertz CT molecular complexity index is 654. The summed E-state index contributed by atoms with van der Waals surface area (Å²) in [6, 6.07) is 10.9. The summed E-state index contributed by atoms with van der Waals surface area (Å²) in [4.78, 5) is 18.7. The van der Waals surface area contributed by atoms with Crippen LogP contribution in [0.2, 0.25) is 0 Å². The van der Waals surface area contributed by atoms with Crippen LogP contribution in [0.3, 0.4) is 0 Å². The van der Waals surface area contributed by atoms with Crippen molar-refractivity contribution in [1.82, 2.24) is 9.88 Å². The number of amides is 1. The van der Waals surface area contributed by atoms with E-state index in [2.05, 4.69) is 34.6 Å². The molecule has 0 bridgehead atoms. The number of pyridine rings is 1. The van der Waals surface area contributed by atoms with E-state index in [-0.39, 0.29) is 5.91 Å². The van der Waals surface area contributed by atoms with Crippen LogP contribution in [0.25, 0.3) is 0 Å². The van der Waals surface area contributed by atoms with E-state index in [1.165, 1.54) is 0 Å². The molecule has 1 aromatic carbocycles. The molecule has 6 heteroatoms. The molecule has 25 heavy (non-hydrogen) atoms. The van der Waals surface area contributed by atoms with Crippen molar-refractivity contribution in [3.05, 3.63) is 48.2 Å². The molecule has 2 N–H and O–H groups in total. The summed E-state index contributed by atoms with van der Waals surface area (Å²) in [6.07, 6.45) is 2.62. The number of carbonyl (C=O) groups is 1. The first-order valence-electron chi connectivity index (χ1n) is 8.47. The number of hydrogen-bond acceptors (Lipinski definition) is 5. The molecule has 0 aliphatic heterocycles. The smallest absolute Gasteiger partial charge is 0.257 e. The van der Waals surface area contributed by atoms with Gasteiger partial charge < -0.3 is 20.3 Å². The Morgan fingerprint density at radius 2 is 1.92 bits per heavy atom. The first-order valence-corrected chi connectivity index (χ1v) is 8.47. The third-order valence-electron chi connectivity index (χ3n) is 3.54. The van der Waals surface area contributed by atoms with Crippen LogP contribution in [0.4, 0.5) is 11.5 Å². The average molecular weight is 342 g/mol. The molecule has 0 unspecified atom stereocenters. The number of nitrogens with one attached hydrogen (secondary N) is 2. The Kier molecular flexibility index (Phi) is 7.22. The summed E-state index contributed by atoms with van der Waals surface area (Å²) in [5, 5.41) is 6.10. The molecule has 0 spiro atoms. The van der Waals surface area contributed by atoms with Gasteiger partial charge in [-0.3, -0.25) is 4.79 Å². The van der Waals surface area contributed by atoms with Gasteiger partial charge in [0.15, 0.2) is 0 Å². The summed E-state index contributed by atoms with van der Waals surface area (Å²) < 4.78 is 5.38. The molecule has 0 saturated carbocycles. The van der Waals surface area contributed by atoms with E-state index >= 15 is 0 Å². The van der Waals surface area contributed by atoms with Crippen LogP contribution in [-0.4, -0.2) is 49.6 Å². The summed E-state index contributed by atoms with van der Waals surface area (Å²) >= 11 is 0. The van der Waals surface area contributed by atoms with Crippen molar-refractivity contribution in [2.45, 2.75) is 13.3 Å². The first-order chi connectivity index (χ1) is 12.1. The van der Waals surface area contributed by atoms with Crippen molar-refractivity contribution in [3.63, 3.8) is 0 Å². The largest absolute Gasteiger partial charge is 0.494 e. The van der Waals surface area contributed by atoms with Gasteiger partial charge in [-0.25, -0.2) is 4.98 Å². The molecule has 0 fully saturated rings. The monoisotopic (exact) mass is 342 g/mol. The molecule has 134 valence electrons. The van der Waals surface area contributed by atoms with Crippen molar-refractivity contribution < 1.29 is 9.53 Å². The fraction of sp³-hybridized carbons (Fsp3) is 0.368. The fourth-order valence-electron chi connectivity index (χ4n) is 2.25. The molecule has 0 radical (unpaired) electrons. The van der Waals surface area contributed by atoms with E-state index in [0.717, 1.165) is 36.8 Å². The lowest BCUT2D eigenvalue weighted by Gasteiger charge is -2.10. The lowest BCUT2D eigenvalue weighted by Crippen LogP contribution is -2.17. The Balaban J connectivity index is 1.85. The van der Waals surface area contributed by atoms with Crippen LogP contribution < -0.4 is 15.4 Å². The number of nitrogens with zero attached hydrogens (tertiary/aromatic N) is 2. The average Bonchev–Trinajstić information content (AvgIpc) is 2.61. The molecule has 0 saturated heterocycles. The Morgan fingerprint density at radius 1 is 1.16 bits per heavy atom. The van der Waals surface area contributed by atoms with Crippen LogP contribution in [0.5, 0.6) is 5.75 Å². The normalized spacial score (nSPS) is 10.6. The highest BCUT2D eigenvalue weighted by Crippen LogP contribution is 2.16. The molecular weight excluding hydrogens is 316 g/mol. The van der Waals surface area contributed by atoms with E-state index in [1.54, 1.807) is 12.3 Å². The molecule has 6 nitrogen and oxygen atoms in total. The van der Waals surface area contributed by atoms with E-state index in [4.69, 9.17) is 4.74 Å². The summed E-state index contributed by atoms with van der Waals surface area (Å²) in [5.41, 5.74) is 1.24. The quantitative estimate of drug-likeness (QED) is 0.686. The van der Waals surface area contributed by atoms with Crippen molar-refractivity contribution in [1.29, 1.82) is 0 Å². The predicted octanol–water partition coefficient (Wildman–Crippen LogP) is 3.10. The second-order valence-electron chi connectivity index (χ2n) is 5.93. The highest BCUT2D eigenvalue weighted by atomic mass is 16.5. The third-order valence-corrected chi connectivity index (χ3v) is 3.54. The number of ether oxygens (including phenoxy) is 1. The highest BCUT2D eigenvalue weighted by Gasteiger charge is 2.07. The van der Waals surface area contributed by atoms with Gasteiger partial charge in [-0.1, -0.05) is 0 Å². The van der Waals surface area contributed by atoms with E-state index in [0.29, 0.717) is 12.2 Å². The maximum absolute atomic E-state index is 12.3. The Hall–Kier alpha value is -2.60. The zero-order chi connectivity index (χ0) is 18.1. The molecule has 1 heterocycles. The SMILES string of the molecule is CCOc1ccc(NC(=O)c2ccc(NCCCN(C)C)nc2)cc1. The summed E-state index contributed by atoms with van der Waals surface area (Å²) in [6.45, 7) is 4.43. The lowest BCUT2D eigenvalue weighted by molar-refractivity contribution is 0.102. The van der Waals surface area contributed by atoms with Crippen LogP contribution in [0.1, 0.15) is 23.7 Å². The van der Waals surface area contributed by atoms with Crippen molar-refractivity contribution in [3.8, 4) is 5.75 Å². The highest BCUT2D eigenvalue weighted by molar-refractivity contribution is 6.04. The molecule has 1 amide bonds. The van der Waals surface area contributed by atoms with Crippen LogP contribution in [0, 0.1) is 0 Å². The molecule has 0 aliphatic carbocycles. The maximum atomic E-state index is 12.3. The van der Waals surface area contributed by atoms with Crippen molar-refractivity contribution in [2.75, 3.05) is 44.4 Å². The van der Waals surface area contributed by atoms with Gasteiger partial charge >= 0.3 is 0 Å². The van der Waals surface area contributed by atoms with Gasteiger partial charge in [-0.05, 0) is 70.4 Å². The number of aromatic nitrogens is 1. The van der Waals surface area contributed by atoms with Gasteiger partial charge in [-0.2, -0.15) is 0 Å². The number of benzene rings is 1. The number of hydrogen-bond donors (Lipinski definition) is 2. The minimum Gasteiger partial charge on any atom is -0.494 e. The third kappa shape index (κ3) is 6.43. The molecular formula is C19H26N4O2. The summed E-state index contributed by atoms with van der Waals surface area (Å²) in [5.74, 6) is 1.37. The van der Waals surface area contributed by atoms with Gasteiger partial charge in [0.25, 0.3) is 5.91 Å². The van der Waals surface area contributed by atoms with E-state index in [1.807, 2.05) is 37.3 Å². The fourth-order valence-corrected chi connectivity index (χ4v) is 2.25. The Morgan fingerprint density at radius 3 is 2.52 bits per heavy atom. The second-order valence-corrected chi connectivity index (χ2v) is 5.93. The van der Waals surface area contributed by atoms with Gasteiger partial charge in [0, 0.05) is 18.4 Å². The maximum Gasteiger partial charge on any atom is 0.257 e. The van der Waals surface area contributed by atoms with Gasteiger partial charge in [0.2, 0.25) is 0 Å². The molecule has 1 aromatic heterocycles. The number of anilines is 2. The van der Waals surface area contributed by atoms with E-state index < -0.39 is 0 Å². The first kappa shape index (κ1) is 18.7. The molecule has 0 atom stereocenters. The minimum absolute atomic E-state index is 0.184. The molecule has 2 aromatic rings. The Labute approximate surface area is 149 Å². The molecule has 2 rings (SSSR count). The number of rotatable bonds is 9. The van der Waals surface area contributed by atoms with Crippen molar-refractivity contribution >= 4 is 17.4 Å². The van der Waals surface area contributed by atoms with Crippen LogP contribution >= 0.6 is 0 Å². The second kappa shape index (κ2) is 9.64. The zero-order valence-corrected chi connectivity index (χ0v) is 15.1. The minimum atomic E-state index is -0.184. The topological polar surface area (TPSA) is 66.5 Å². The van der Waals surface area contributed by atoms with Crippen LogP contribution in [0.15, 0.2) is 42.6 Å². The lowest BCUT2D eigenvalue weighted by atomic mass is 10.2. The van der Waals surface area contributed by atoms with Gasteiger partial charge in [0.1, 0.15) is 11.6 Å². The summed E-state index contributed by atoms with van der Waals surface area (Å²) in [7, 11) is 4.10. The standard InChI is InChI=1S/C19H26N4O2/c1-4-25-17-9-7-16(8-10-17)22-19(24)15-6-11-18(21-14-15)20-12-5-13-23(2)3/h6-11,14H,4-5,12-13H2,1-3H3,(H,20,21)(H,22,24). The molecule has 0 aliphatic rings. The van der Waals surface area contributed by atoms with Crippen LogP contribution in [-0.2, 0) is 0 Å². The van der Waals surface area contributed by atoms with Gasteiger partial charge in [0.05, 0.1) is 12.2 Å². The zero-order valence-electron chi connectivity index (χ0n) is 15.1. The number of carbonyl (C=O) groups excluding carboxylic acids is 1.